The van der Waals surface area contributed by atoms with Crippen molar-refractivity contribution in [1.82, 2.24) is 5.32 Å². The molecule has 2 N–H and O–H groups in total. The molecule has 0 spiro atoms. The van der Waals surface area contributed by atoms with Crippen molar-refractivity contribution >= 4 is 34.8 Å². The van der Waals surface area contributed by atoms with Gasteiger partial charge in [0, 0.05) is 13.3 Å². The van der Waals surface area contributed by atoms with Crippen LogP contribution in [0.2, 0.25) is 4.34 Å². The predicted molar refractivity (Wildman–Crippen MR) is 58.3 cm³/mol. The van der Waals surface area contributed by atoms with Crippen LogP contribution in [0.5, 0.6) is 0 Å². The number of carbonyl (C=O) groups excluding carboxylic acids is 1. The minimum Gasteiger partial charge on any atom is -0.480 e. The van der Waals surface area contributed by atoms with Gasteiger partial charge in [0.05, 0.1) is 4.34 Å². The normalized spacial score (nSPS) is 12.1. The zero-order chi connectivity index (χ0) is 11.4. The number of carboxylic acids is 1. The first-order valence-electron chi connectivity index (χ1n) is 4.22. The zero-order valence-electron chi connectivity index (χ0n) is 7.99. The Morgan fingerprint density at radius 1 is 1.67 bits per heavy atom. The summed E-state index contributed by atoms with van der Waals surface area (Å²) in [6.07, 6.45) is 0.206. The molecule has 1 aromatic rings. The Morgan fingerprint density at radius 2 is 2.33 bits per heavy atom. The van der Waals surface area contributed by atoms with E-state index in [9.17, 15) is 9.59 Å². The van der Waals surface area contributed by atoms with Gasteiger partial charge in [-0.15, -0.1) is 11.3 Å². The molecule has 1 unspecified atom stereocenters. The third-order valence-electron chi connectivity index (χ3n) is 1.79. The number of thiophene rings is 1. The van der Waals surface area contributed by atoms with E-state index in [-0.39, 0.29) is 12.3 Å². The van der Waals surface area contributed by atoms with Crippen LogP contribution < -0.4 is 5.32 Å². The second-order valence-electron chi connectivity index (χ2n) is 3.02. The van der Waals surface area contributed by atoms with Crippen molar-refractivity contribution in [3.8, 4) is 0 Å². The van der Waals surface area contributed by atoms with Crippen molar-refractivity contribution in [3.05, 3.63) is 21.3 Å². The lowest BCUT2D eigenvalue weighted by Gasteiger charge is -2.12. The van der Waals surface area contributed by atoms with Gasteiger partial charge in [-0.1, -0.05) is 11.6 Å². The van der Waals surface area contributed by atoms with Crippen molar-refractivity contribution in [3.63, 3.8) is 0 Å². The van der Waals surface area contributed by atoms with E-state index < -0.39 is 12.0 Å². The molecule has 1 atom stereocenters. The molecule has 0 aliphatic rings. The summed E-state index contributed by atoms with van der Waals surface area (Å²) < 4.78 is 0.562. The fourth-order valence-electron chi connectivity index (χ4n) is 1.13. The molecule has 0 fully saturated rings. The molecule has 1 amide bonds. The second kappa shape index (κ2) is 5.14. The maximum absolute atomic E-state index is 10.8. The number of nitrogens with one attached hydrogen (secondary N) is 1. The molecule has 82 valence electrons. The van der Waals surface area contributed by atoms with Crippen LogP contribution >= 0.6 is 22.9 Å². The molecule has 0 aromatic carbocycles. The second-order valence-corrected chi connectivity index (χ2v) is 4.53. The largest absolute Gasteiger partial charge is 0.480 e. The summed E-state index contributed by atoms with van der Waals surface area (Å²) in [6.45, 7) is 1.28. The molecule has 1 rings (SSSR count). The highest BCUT2D eigenvalue weighted by molar-refractivity contribution is 7.14. The van der Waals surface area contributed by atoms with E-state index in [2.05, 4.69) is 5.32 Å². The minimum absolute atomic E-state index is 0.206. The van der Waals surface area contributed by atoms with Gasteiger partial charge < -0.3 is 10.4 Å². The summed E-state index contributed by atoms with van der Waals surface area (Å²) in [5.41, 5.74) is 0.739. The standard InChI is InChI=1S/C9H10ClNO3S/c1-5(12)11-7(9(13)14)4-6-2-3-15-8(6)10/h2-3,7H,4H2,1H3,(H,11,12)(H,13,14). The predicted octanol–water partition coefficient (Wildman–Crippen LogP) is 1.53. The Labute approximate surface area is 95.9 Å². The van der Waals surface area contributed by atoms with Crippen LogP contribution in [0, 0.1) is 0 Å². The smallest absolute Gasteiger partial charge is 0.326 e. The van der Waals surface area contributed by atoms with Gasteiger partial charge in [-0.25, -0.2) is 4.79 Å². The molecule has 0 radical (unpaired) electrons. The van der Waals surface area contributed by atoms with E-state index in [0.717, 1.165) is 5.56 Å². The number of aliphatic carboxylic acids is 1. The first kappa shape index (κ1) is 12.0. The quantitative estimate of drug-likeness (QED) is 0.848. The van der Waals surface area contributed by atoms with E-state index in [1.807, 2.05) is 0 Å². The Kier molecular flexibility index (Phi) is 4.11. The average molecular weight is 248 g/mol. The number of hydrogen-bond donors (Lipinski definition) is 2. The Morgan fingerprint density at radius 3 is 2.73 bits per heavy atom. The van der Waals surface area contributed by atoms with Gasteiger partial charge in [0.1, 0.15) is 6.04 Å². The van der Waals surface area contributed by atoms with Crippen LogP contribution in [0.25, 0.3) is 0 Å². The van der Waals surface area contributed by atoms with E-state index >= 15 is 0 Å². The highest BCUT2D eigenvalue weighted by Crippen LogP contribution is 2.23. The molecule has 0 aliphatic heterocycles. The van der Waals surface area contributed by atoms with Gasteiger partial charge in [-0.05, 0) is 17.0 Å². The molecular formula is C9H10ClNO3S. The topological polar surface area (TPSA) is 66.4 Å². The summed E-state index contributed by atoms with van der Waals surface area (Å²) in [7, 11) is 0. The van der Waals surface area contributed by atoms with Crippen molar-refractivity contribution in [1.29, 1.82) is 0 Å². The van der Waals surface area contributed by atoms with Gasteiger partial charge in [0.2, 0.25) is 5.91 Å². The molecule has 0 aliphatic carbocycles. The molecule has 0 saturated heterocycles. The fraction of sp³-hybridized carbons (Fsp3) is 0.333. The van der Waals surface area contributed by atoms with Gasteiger partial charge in [-0.2, -0.15) is 0 Å². The van der Waals surface area contributed by atoms with Crippen LogP contribution in [-0.4, -0.2) is 23.0 Å². The Hall–Kier alpha value is -1.07. The van der Waals surface area contributed by atoms with Crippen LogP contribution in [0.4, 0.5) is 0 Å². The van der Waals surface area contributed by atoms with Gasteiger partial charge in [-0.3, -0.25) is 4.79 Å². The minimum atomic E-state index is -1.06. The third-order valence-corrected chi connectivity index (χ3v) is 3.04. The van der Waals surface area contributed by atoms with Gasteiger partial charge >= 0.3 is 5.97 Å². The highest BCUT2D eigenvalue weighted by Gasteiger charge is 2.20. The Balaban J connectivity index is 2.71. The molecule has 0 saturated carbocycles. The summed E-state index contributed by atoms with van der Waals surface area (Å²) in [5.74, 6) is -1.43. The SMILES string of the molecule is CC(=O)NC(Cc1ccsc1Cl)C(=O)O. The number of rotatable bonds is 4. The fourth-order valence-corrected chi connectivity index (χ4v) is 2.08. The lowest BCUT2D eigenvalue weighted by molar-refractivity contribution is -0.141. The molecule has 6 heteroatoms. The van der Waals surface area contributed by atoms with E-state index in [1.54, 1.807) is 11.4 Å². The van der Waals surface area contributed by atoms with Crippen molar-refractivity contribution in [2.45, 2.75) is 19.4 Å². The average Bonchev–Trinajstić information content (AvgIpc) is 2.50. The van der Waals surface area contributed by atoms with E-state index in [4.69, 9.17) is 16.7 Å². The van der Waals surface area contributed by atoms with Gasteiger partial charge in [0.15, 0.2) is 0 Å². The first-order chi connectivity index (χ1) is 7.00. The third kappa shape index (κ3) is 3.53. The Bertz CT molecular complexity index is 377. The summed E-state index contributed by atoms with van der Waals surface area (Å²) in [6, 6.07) is 0.833. The van der Waals surface area contributed by atoms with Crippen molar-refractivity contribution in [2.24, 2.45) is 0 Å². The zero-order valence-corrected chi connectivity index (χ0v) is 9.56. The maximum Gasteiger partial charge on any atom is 0.326 e. The van der Waals surface area contributed by atoms with E-state index in [0.29, 0.717) is 4.34 Å². The molecule has 4 nitrogen and oxygen atoms in total. The number of carboxylic acid groups (broad SMARTS) is 1. The lowest BCUT2D eigenvalue weighted by Crippen LogP contribution is -2.41. The lowest BCUT2D eigenvalue weighted by atomic mass is 10.1. The summed E-state index contributed by atoms with van der Waals surface area (Å²) >= 11 is 7.17. The van der Waals surface area contributed by atoms with Crippen molar-refractivity contribution < 1.29 is 14.7 Å². The summed E-state index contributed by atoms with van der Waals surface area (Å²) in [5, 5.41) is 13.0. The number of hydrogen-bond acceptors (Lipinski definition) is 3. The molecule has 1 aromatic heterocycles. The molecule has 1 heterocycles. The monoisotopic (exact) mass is 247 g/mol. The molecule has 0 bridgehead atoms. The van der Waals surface area contributed by atoms with Crippen LogP contribution in [0.3, 0.4) is 0 Å². The van der Waals surface area contributed by atoms with Crippen LogP contribution in [-0.2, 0) is 16.0 Å². The van der Waals surface area contributed by atoms with Gasteiger partial charge in [0.25, 0.3) is 0 Å². The van der Waals surface area contributed by atoms with Crippen LogP contribution in [0.15, 0.2) is 11.4 Å². The maximum atomic E-state index is 10.8. The molecular weight excluding hydrogens is 238 g/mol. The number of halogens is 1. The highest BCUT2D eigenvalue weighted by atomic mass is 35.5. The molecule has 15 heavy (non-hydrogen) atoms. The number of carbonyl (C=O) groups is 2. The van der Waals surface area contributed by atoms with E-state index in [1.165, 1.54) is 18.3 Å². The van der Waals surface area contributed by atoms with Crippen LogP contribution in [0.1, 0.15) is 12.5 Å². The summed E-state index contributed by atoms with van der Waals surface area (Å²) in [4.78, 5) is 21.6. The number of amides is 1. The van der Waals surface area contributed by atoms with Crippen molar-refractivity contribution in [2.75, 3.05) is 0 Å². The first-order valence-corrected chi connectivity index (χ1v) is 5.48.